The fourth-order valence-corrected chi connectivity index (χ4v) is 3.70. The summed E-state index contributed by atoms with van der Waals surface area (Å²) in [6.45, 7) is 0. The molecule has 0 fully saturated rings. The summed E-state index contributed by atoms with van der Waals surface area (Å²) in [4.78, 5) is 4.84. The van der Waals surface area contributed by atoms with E-state index < -0.39 is 0 Å². The van der Waals surface area contributed by atoms with Gasteiger partial charge in [-0.2, -0.15) is 0 Å². The van der Waals surface area contributed by atoms with Crippen molar-refractivity contribution in [3.05, 3.63) is 60.1 Å². The highest BCUT2D eigenvalue weighted by molar-refractivity contribution is 7.17. The number of hydrogen-bond acceptors (Lipinski definition) is 2. The van der Waals surface area contributed by atoms with Gasteiger partial charge in [-0.15, -0.1) is 11.3 Å². The van der Waals surface area contributed by atoms with E-state index in [0.717, 1.165) is 11.2 Å². The molecular weight excluding hydrogens is 264 g/mol. The maximum absolute atomic E-state index is 4.84. The van der Waals surface area contributed by atoms with Crippen molar-refractivity contribution < 1.29 is 0 Å². The molecule has 0 spiro atoms. The highest BCUT2D eigenvalue weighted by Crippen LogP contribution is 2.29. The number of thiophene rings is 1. The number of aromatic nitrogens is 2. The Bertz CT molecular complexity index is 1100. The van der Waals surface area contributed by atoms with Gasteiger partial charge in [0.25, 0.3) is 0 Å². The van der Waals surface area contributed by atoms with E-state index in [0.29, 0.717) is 0 Å². The third-order valence-electron chi connectivity index (χ3n) is 3.87. The summed E-state index contributed by atoms with van der Waals surface area (Å²) >= 11 is 1.78. The highest BCUT2D eigenvalue weighted by Gasteiger charge is 2.09. The smallest absolute Gasteiger partial charge is 0.145 e. The minimum Gasteiger partial charge on any atom is -0.299 e. The van der Waals surface area contributed by atoms with Crippen LogP contribution in [0.4, 0.5) is 0 Å². The van der Waals surface area contributed by atoms with Crippen LogP contribution in [0.15, 0.2) is 60.1 Å². The molecule has 0 bridgehead atoms. The van der Waals surface area contributed by atoms with Gasteiger partial charge in [0.2, 0.25) is 0 Å². The summed E-state index contributed by atoms with van der Waals surface area (Å²) in [6.07, 6.45) is 2.12. The lowest BCUT2D eigenvalue weighted by molar-refractivity contribution is 1.25. The van der Waals surface area contributed by atoms with Gasteiger partial charge in [0.15, 0.2) is 0 Å². The van der Waals surface area contributed by atoms with Gasteiger partial charge in [-0.25, -0.2) is 4.98 Å². The van der Waals surface area contributed by atoms with Gasteiger partial charge < -0.3 is 0 Å². The maximum atomic E-state index is 4.84. The third kappa shape index (κ3) is 1.25. The molecule has 5 rings (SSSR count). The zero-order valence-electron chi connectivity index (χ0n) is 10.6. The number of nitrogens with zero attached hydrogens (tertiary/aromatic N) is 2. The molecule has 3 aromatic heterocycles. The normalized spacial score (nSPS) is 12.0. The molecule has 0 radical (unpaired) electrons. The Labute approximate surface area is 118 Å². The van der Waals surface area contributed by atoms with Gasteiger partial charge in [-0.3, -0.25) is 4.40 Å². The molecule has 2 nitrogen and oxygen atoms in total. The van der Waals surface area contributed by atoms with Gasteiger partial charge in [0, 0.05) is 16.3 Å². The first-order valence-electron chi connectivity index (χ1n) is 6.57. The van der Waals surface area contributed by atoms with Crippen LogP contribution in [-0.4, -0.2) is 9.38 Å². The van der Waals surface area contributed by atoms with Crippen molar-refractivity contribution in [2.75, 3.05) is 0 Å². The molecule has 0 aliphatic heterocycles. The predicted molar refractivity (Wildman–Crippen MR) is 85.6 cm³/mol. The van der Waals surface area contributed by atoms with E-state index in [1.54, 1.807) is 11.3 Å². The minimum atomic E-state index is 1.04. The molecule has 0 saturated carbocycles. The Hall–Kier alpha value is -2.39. The molecule has 0 aliphatic rings. The zero-order valence-corrected chi connectivity index (χ0v) is 11.4. The number of rotatable bonds is 0. The Kier molecular flexibility index (Phi) is 1.86. The van der Waals surface area contributed by atoms with Crippen molar-refractivity contribution in [3.8, 4) is 0 Å². The van der Waals surface area contributed by atoms with Crippen LogP contribution in [0.5, 0.6) is 0 Å². The molecule has 0 atom stereocenters. The van der Waals surface area contributed by atoms with E-state index in [9.17, 15) is 0 Å². The molecule has 0 amide bonds. The Morgan fingerprint density at radius 1 is 0.950 bits per heavy atom. The molecule has 3 heteroatoms. The number of benzene rings is 2. The second-order valence-electron chi connectivity index (χ2n) is 5.01. The summed E-state index contributed by atoms with van der Waals surface area (Å²) in [5, 5.41) is 5.84. The van der Waals surface area contributed by atoms with Gasteiger partial charge >= 0.3 is 0 Å². The quantitative estimate of drug-likeness (QED) is 0.394. The molecule has 0 N–H and O–H groups in total. The second-order valence-corrected chi connectivity index (χ2v) is 5.96. The first-order chi connectivity index (χ1) is 9.90. The number of pyridine rings is 1. The van der Waals surface area contributed by atoms with Crippen LogP contribution in [0.2, 0.25) is 0 Å². The van der Waals surface area contributed by atoms with Crippen LogP contribution in [0.1, 0.15) is 0 Å². The SMILES string of the molecule is c1ccc2c(c1)ccn1c3cc4sccc4cc3nc21. The first kappa shape index (κ1) is 10.4. The molecule has 2 aromatic carbocycles. The Balaban J connectivity index is 2.07. The van der Waals surface area contributed by atoms with E-state index >= 15 is 0 Å². The average Bonchev–Trinajstić information content (AvgIpc) is 3.08. The van der Waals surface area contributed by atoms with Crippen LogP contribution in [0, 0.1) is 0 Å². The number of fused-ring (bicyclic) bond motifs is 6. The van der Waals surface area contributed by atoms with Gasteiger partial charge in [0.05, 0.1) is 11.0 Å². The van der Waals surface area contributed by atoms with E-state index in [4.69, 9.17) is 4.98 Å². The molecule has 20 heavy (non-hydrogen) atoms. The van der Waals surface area contributed by atoms with Crippen LogP contribution in [0.25, 0.3) is 37.5 Å². The molecule has 94 valence electrons. The standard InChI is InChI=1S/C17H10N2S/c1-2-4-13-11(3-1)5-7-19-15-10-16-12(6-8-20-16)9-14(15)18-17(13)19/h1-10H. The van der Waals surface area contributed by atoms with E-state index in [1.165, 1.54) is 26.4 Å². The summed E-state index contributed by atoms with van der Waals surface area (Å²) in [5.41, 5.74) is 3.28. The monoisotopic (exact) mass is 274 g/mol. The first-order valence-corrected chi connectivity index (χ1v) is 7.45. The fourth-order valence-electron chi connectivity index (χ4n) is 2.89. The molecule has 0 unspecified atom stereocenters. The zero-order chi connectivity index (χ0) is 13.1. The lowest BCUT2D eigenvalue weighted by atomic mass is 10.2. The summed E-state index contributed by atoms with van der Waals surface area (Å²) < 4.78 is 3.50. The maximum Gasteiger partial charge on any atom is 0.145 e. The third-order valence-corrected chi connectivity index (χ3v) is 4.75. The Morgan fingerprint density at radius 3 is 2.90 bits per heavy atom. The van der Waals surface area contributed by atoms with Crippen molar-refractivity contribution >= 4 is 48.9 Å². The predicted octanol–water partition coefficient (Wildman–Crippen LogP) is 4.86. The Morgan fingerprint density at radius 2 is 1.90 bits per heavy atom. The van der Waals surface area contributed by atoms with Crippen LogP contribution < -0.4 is 0 Å². The summed E-state index contributed by atoms with van der Waals surface area (Å²) in [6, 6.07) is 17.1. The largest absolute Gasteiger partial charge is 0.299 e. The molecular formula is C17H10N2S. The minimum absolute atomic E-state index is 1.04. The molecule has 0 saturated heterocycles. The van der Waals surface area contributed by atoms with Crippen molar-refractivity contribution in [3.63, 3.8) is 0 Å². The van der Waals surface area contributed by atoms with E-state index in [-0.39, 0.29) is 0 Å². The van der Waals surface area contributed by atoms with Gasteiger partial charge in [0.1, 0.15) is 5.65 Å². The summed E-state index contributed by atoms with van der Waals surface area (Å²) in [5.74, 6) is 0. The van der Waals surface area contributed by atoms with E-state index in [2.05, 4.69) is 64.5 Å². The molecule has 0 aliphatic carbocycles. The van der Waals surface area contributed by atoms with Gasteiger partial charge in [-0.05, 0) is 40.4 Å². The topological polar surface area (TPSA) is 17.3 Å². The average molecular weight is 274 g/mol. The fraction of sp³-hybridized carbons (Fsp3) is 0. The second kappa shape index (κ2) is 3.58. The van der Waals surface area contributed by atoms with Crippen molar-refractivity contribution in [1.29, 1.82) is 0 Å². The lowest BCUT2D eigenvalue weighted by Crippen LogP contribution is -1.85. The van der Waals surface area contributed by atoms with Crippen LogP contribution in [0.3, 0.4) is 0 Å². The van der Waals surface area contributed by atoms with Crippen molar-refractivity contribution in [2.45, 2.75) is 0 Å². The molecule has 3 heterocycles. The van der Waals surface area contributed by atoms with Crippen LogP contribution >= 0.6 is 11.3 Å². The van der Waals surface area contributed by atoms with Crippen LogP contribution in [-0.2, 0) is 0 Å². The highest BCUT2D eigenvalue weighted by atomic mass is 32.1. The number of imidazole rings is 1. The lowest BCUT2D eigenvalue weighted by Gasteiger charge is -2.00. The van der Waals surface area contributed by atoms with E-state index in [1.807, 2.05) is 0 Å². The van der Waals surface area contributed by atoms with Gasteiger partial charge in [-0.1, -0.05) is 24.3 Å². The van der Waals surface area contributed by atoms with Crippen molar-refractivity contribution in [1.82, 2.24) is 9.38 Å². The van der Waals surface area contributed by atoms with Crippen molar-refractivity contribution in [2.24, 2.45) is 0 Å². The number of hydrogen-bond donors (Lipinski definition) is 0. The molecule has 5 aromatic rings. The summed E-state index contributed by atoms with van der Waals surface area (Å²) in [7, 11) is 0.